The van der Waals surface area contributed by atoms with Crippen molar-refractivity contribution in [3.63, 3.8) is 0 Å². The van der Waals surface area contributed by atoms with E-state index in [-0.39, 0.29) is 28.9 Å². The van der Waals surface area contributed by atoms with Gasteiger partial charge in [-0.15, -0.1) is 0 Å². The molecule has 110 valence electrons. The topological polar surface area (TPSA) is 20.2 Å². The Hall–Kier alpha value is -0.750. The van der Waals surface area contributed by atoms with E-state index in [1.165, 1.54) is 12.1 Å². The van der Waals surface area contributed by atoms with Crippen LogP contribution in [-0.2, 0) is 11.8 Å². The first-order valence-corrected chi connectivity index (χ1v) is 7.48. The molecule has 0 spiro atoms. The lowest BCUT2D eigenvalue weighted by Crippen LogP contribution is -2.37. The van der Waals surface area contributed by atoms with Crippen LogP contribution in [0.1, 0.15) is 36.8 Å². The van der Waals surface area contributed by atoms with Crippen LogP contribution >= 0.6 is 11.8 Å². The summed E-state index contributed by atoms with van der Waals surface area (Å²) in [5, 5.41) is 11.1. The van der Waals surface area contributed by atoms with Crippen molar-refractivity contribution in [1.29, 1.82) is 0 Å². The van der Waals surface area contributed by atoms with Gasteiger partial charge in [-0.1, -0.05) is 12.1 Å². The second-order valence-corrected chi connectivity index (χ2v) is 7.16. The van der Waals surface area contributed by atoms with Crippen molar-refractivity contribution < 1.29 is 22.7 Å². The molecule has 1 aromatic carbocycles. The van der Waals surface area contributed by atoms with Crippen molar-refractivity contribution in [3.05, 3.63) is 35.1 Å². The number of thioether (sulfide) groups is 1. The van der Waals surface area contributed by atoms with Crippen LogP contribution in [-0.4, -0.2) is 15.6 Å². The minimum absolute atomic E-state index is 0.170. The highest BCUT2D eigenvalue weighted by Crippen LogP contribution is 2.53. The van der Waals surface area contributed by atoms with Crippen molar-refractivity contribution in [1.82, 2.24) is 0 Å². The zero-order valence-electron chi connectivity index (χ0n) is 10.6. The molecule has 0 amide bonds. The lowest BCUT2D eigenvalue weighted by atomic mass is 9.82. The molecule has 2 aliphatic rings. The molecular weight excluding hydrogens is 292 g/mol. The summed E-state index contributed by atoms with van der Waals surface area (Å²) in [4.78, 5) is 0. The third-order valence-electron chi connectivity index (χ3n) is 4.12. The zero-order valence-corrected chi connectivity index (χ0v) is 11.4. The van der Waals surface area contributed by atoms with Crippen molar-refractivity contribution in [2.24, 2.45) is 0 Å². The smallest absolute Gasteiger partial charge is 0.385 e. The summed E-state index contributed by atoms with van der Waals surface area (Å²) in [5.41, 5.74) is -3.18. The fraction of sp³-hybridized carbons (Fsp3) is 0.571. The first kappa shape index (κ1) is 14.2. The summed E-state index contributed by atoms with van der Waals surface area (Å²) in [6.07, 6.45) is -2.44. The predicted molar refractivity (Wildman–Crippen MR) is 68.9 cm³/mol. The lowest BCUT2D eigenvalue weighted by molar-refractivity contribution is -0.143. The third kappa shape index (κ3) is 2.33. The molecule has 2 atom stereocenters. The molecule has 0 saturated carbocycles. The predicted octanol–water partition coefficient (Wildman–Crippen LogP) is 4.09. The number of rotatable bonds is 1. The Bertz CT molecular complexity index is 516. The number of aliphatic hydroxyl groups is 1. The number of alkyl halides is 3. The normalized spacial score (nSPS) is 33.5. The maximum Gasteiger partial charge on any atom is 0.419 e. The summed E-state index contributed by atoms with van der Waals surface area (Å²) < 4.78 is 52.9. The van der Waals surface area contributed by atoms with E-state index >= 15 is 0 Å². The van der Waals surface area contributed by atoms with E-state index < -0.39 is 23.2 Å². The molecule has 20 heavy (non-hydrogen) atoms. The van der Waals surface area contributed by atoms with Crippen LogP contribution in [0.15, 0.2) is 18.2 Å². The molecule has 0 aromatic heterocycles. The summed E-state index contributed by atoms with van der Waals surface area (Å²) >= 11 is 1.73. The molecular formula is C14H14F4OS. The SMILES string of the molecule is OC1(c2cccc(F)c2C(F)(F)F)CC2CCC(C1)S2. The molecule has 3 rings (SSSR count). The van der Waals surface area contributed by atoms with Gasteiger partial charge in [0.05, 0.1) is 11.2 Å². The maximum atomic E-state index is 13.6. The van der Waals surface area contributed by atoms with Crippen LogP contribution in [0.4, 0.5) is 17.6 Å². The van der Waals surface area contributed by atoms with Gasteiger partial charge in [-0.25, -0.2) is 4.39 Å². The number of fused-ring (bicyclic) bond motifs is 2. The molecule has 2 saturated heterocycles. The van der Waals surface area contributed by atoms with Crippen molar-refractivity contribution in [2.45, 2.75) is 48.0 Å². The van der Waals surface area contributed by atoms with Gasteiger partial charge in [0.1, 0.15) is 5.82 Å². The Morgan fingerprint density at radius 1 is 1.15 bits per heavy atom. The van der Waals surface area contributed by atoms with Gasteiger partial charge in [-0.05, 0) is 37.3 Å². The molecule has 2 heterocycles. The van der Waals surface area contributed by atoms with Crippen molar-refractivity contribution in [2.75, 3.05) is 0 Å². The summed E-state index contributed by atoms with van der Waals surface area (Å²) in [5.74, 6) is -1.31. The van der Waals surface area contributed by atoms with E-state index in [4.69, 9.17) is 0 Å². The second kappa shape index (κ2) is 4.63. The van der Waals surface area contributed by atoms with E-state index in [1.54, 1.807) is 11.8 Å². The van der Waals surface area contributed by atoms with E-state index in [0.29, 0.717) is 0 Å². The summed E-state index contributed by atoms with van der Waals surface area (Å²) in [6, 6.07) is 3.24. The van der Waals surface area contributed by atoms with Crippen LogP contribution in [0.5, 0.6) is 0 Å². The van der Waals surface area contributed by atoms with Gasteiger partial charge in [0, 0.05) is 10.5 Å². The van der Waals surface area contributed by atoms with Gasteiger partial charge in [0.25, 0.3) is 0 Å². The number of hydrogen-bond donors (Lipinski definition) is 1. The van der Waals surface area contributed by atoms with Gasteiger partial charge in [0.15, 0.2) is 0 Å². The van der Waals surface area contributed by atoms with E-state index in [0.717, 1.165) is 18.9 Å². The largest absolute Gasteiger partial charge is 0.419 e. The zero-order chi connectivity index (χ0) is 14.5. The molecule has 2 fully saturated rings. The van der Waals surface area contributed by atoms with Gasteiger partial charge in [-0.2, -0.15) is 24.9 Å². The summed E-state index contributed by atoms with van der Waals surface area (Å²) in [6.45, 7) is 0. The Kier molecular flexibility index (Phi) is 3.29. The maximum absolute atomic E-state index is 13.6. The fourth-order valence-electron chi connectivity index (χ4n) is 3.34. The molecule has 2 unspecified atom stereocenters. The Labute approximate surface area is 118 Å². The Balaban J connectivity index is 2.08. The number of hydrogen-bond acceptors (Lipinski definition) is 2. The fourth-order valence-corrected chi connectivity index (χ4v) is 5.17. The van der Waals surface area contributed by atoms with Crippen LogP contribution in [0, 0.1) is 5.82 Å². The molecule has 6 heteroatoms. The first-order valence-electron chi connectivity index (χ1n) is 6.54. The van der Waals surface area contributed by atoms with E-state index in [9.17, 15) is 22.7 Å². The highest BCUT2D eigenvalue weighted by molar-refractivity contribution is 8.00. The third-order valence-corrected chi connectivity index (χ3v) is 5.70. The summed E-state index contributed by atoms with van der Waals surface area (Å²) in [7, 11) is 0. The minimum Gasteiger partial charge on any atom is -0.385 e. The molecule has 1 nitrogen and oxygen atoms in total. The second-order valence-electron chi connectivity index (χ2n) is 5.56. The number of benzene rings is 1. The average molecular weight is 306 g/mol. The molecule has 0 aliphatic carbocycles. The van der Waals surface area contributed by atoms with Gasteiger partial charge in [0.2, 0.25) is 0 Å². The molecule has 1 N–H and O–H groups in total. The van der Waals surface area contributed by atoms with Crippen LogP contribution in [0.25, 0.3) is 0 Å². The van der Waals surface area contributed by atoms with E-state index in [2.05, 4.69) is 0 Å². The van der Waals surface area contributed by atoms with Crippen molar-refractivity contribution >= 4 is 11.8 Å². The lowest BCUT2D eigenvalue weighted by Gasteiger charge is -2.37. The molecule has 2 bridgehead atoms. The van der Waals surface area contributed by atoms with Crippen LogP contribution in [0.3, 0.4) is 0 Å². The van der Waals surface area contributed by atoms with E-state index in [1.807, 2.05) is 0 Å². The molecule has 2 aliphatic heterocycles. The first-order chi connectivity index (χ1) is 9.29. The highest BCUT2D eigenvalue weighted by Gasteiger charge is 2.49. The molecule has 0 radical (unpaired) electrons. The standard InChI is InChI=1S/C14H14F4OS/c15-11-3-1-2-10(12(11)14(16,17)18)13(19)6-8-4-5-9(7-13)20-8/h1-3,8-9,19H,4-7H2. The Morgan fingerprint density at radius 2 is 1.75 bits per heavy atom. The van der Waals surface area contributed by atoms with Gasteiger partial charge < -0.3 is 5.11 Å². The quantitative estimate of drug-likeness (QED) is 0.789. The van der Waals surface area contributed by atoms with Gasteiger partial charge in [-0.3, -0.25) is 0 Å². The van der Waals surface area contributed by atoms with Crippen molar-refractivity contribution in [3.8, 4) is 0 Å². The monoisotopic (exact) mass is 306 g/mol. The average Bonchev–Trinajstić information content (AvgIpc) is 2.67. The highest BCUT2D eigenvalue weighted by atomic mass is 32.2. The number of halogens is 4. The Morgan fingerprint density at radius 3 is 2.30 bits per heavy atom. The molecule has 1 aromatic rings. The van der Waals surface area contributed by atoms with Gasteiger partial charge >= 0.3 is 6.18 Å². The minimum atomic E-state index is -4.79. The van der Waals surface area contributed by atoms with Crippen LogP contribution < -0.4 is 0 Å². The van der Waals surface area contributed by atoms with Crippen LogP contribution in [0.2, 0.25) is 0 Å².